The van der Waals surface area contributed by atoms with Crippen molar-refractivity contribution in [2.45, 2.75) is 136 Å². The summed E-state index contributed by atoms with van der Waals surface area (Å²) >= 11 is 0. The van der Waals surface area contributed by atoms with Crippen molar-refractivity contribution in [2.24, 2.45) is 11.8 Å². The number of fused-ring (bicyclic) bond motifs is 1. The van der Waals surface area contributed by atoms with E-state index in [-0.39, 0.29) is 65.6 Å². The predicted molar refractivity (Wildman–Crippen MR) is 237 cm³/mol. The maximum absolute atomic E-state index is 15.0. The maximum atomic E-state index is 15.0. The Morgan fingerprint density at radius 3 is 2.18 bits per heavy atom. The van der Waals surface area contributed by atoms with Gasteiger partial charge in [-0.2, -0.15) is 0 Å². The first kappa shape index (κ1) is 46.5. The quantitative estimate of drug-likeness (QED) is 0.0541. The number of ketones is 2. The molecular formula is C50H70N2O9. The zero-order valence-corrected chi connectivity index (χ0v) is 38.0. The monoisotopic (exact) mass is 843 g/mol. The van der Waals surface area contributed by atoms with Gasteiger partial charge in [0.2, 0.25) is 0 Å². The number of β-amino-alcohol motifs (C(OH)–C–C–N with tert-alkyl or cyclic N) is 1. The Morgan fingerprint density at radius 1 is 0.852 bits per heavy atom. The minimum Gasteiger partial charge on any atom is -0.507 e. The SMILES string of the molecule is CC(C)=CCC/C(C)=C/Cc1c(O)c(CC=C(C)C)c2c(c1O)C(=O)C1=CC3CC4C(C)(C)OC(C/C=C(/C)C(=O)OCCCCCCN5CCN(CCO)CC5)(C3=O)C14O2. The predicted octanol–water partition coefficient (Wildman–Crippen LogP) is 7.90. The molecule has 3 aliphatic carbocycles. The number of hydrogen-bond acceptors (Lipinski definition) is 11. The Balaban J connectivity index is 1.22. The van der Waals surface area contributed by atoms with E-state index in [1.165, 1.54) is 5.57 Å². The van der Waals surface area contributed by atoms with Crippen LogP contribution in [0.2, 0.25) is 0 Å². The van der Waals surface area contributed by atoms with Crippen molar-refractivity contribution in [1.29, 1.82) is 0 Å². The first-order chi connectivity index (χ1) is 29.0. The molecule has 0 amide bonds. The second-order valence-corrected chi connectivity index (χ2v) is 19.0. The summed E-state index contributed by atoms with van der Waals surface area (Å²) in [5, 5.41) is 33.0. The van der Waals surface area contributed by atoms with Gasteiger partial charge in [0.25, 0.3) is 0 Å². The minimum absolute atomic E-state index is 0.00263. The molecule has 3 fully saturated rings. The molecule has 334 valence electrons. The average Bonchev–Trinajstić information content (AvgIpc) is 3.36. The van der Waals surface area contributed by atoms with Crippen LogP contribution >= 0.6 is 0 Å². The summed E-state index contributed by atoms with van der Waals surface area (Å²) in [7, 11) is 0. The number of unbranched alkanes of at least 4 members (excludes halogenated alkanes) is 3. The number of esters is 1. The third-order valence-electron chi connectivity index (χ3n) is 13.7. The first-order valence-electron chi connectivity index (χ1n) is 22.6. The number of aliphatic hydroxyl groups is 1. The molecule has 4 atom stereocenters. The molecule has 1 aromatic rings. The van der Waals surface area contributed by atoms with Crippen LogP contribution in [0.15, 0.2) is 58.2 Å². The summed E-state index contributed by atoms with van der Waals surface area (Å²) in [4.78, 5) is 47.7. The van der Waals surface area contributed by atoms with Crippen LogP contribution in [-0.2, 0) is 31.9 Å². The fraction of sp³-hybridized carbons (Fsp3) is 0.620. The lowest BCUT2D eigenvalue weighted by Gasteiger charge is -2.56. The molecule has 0 aromatic heterocycles. The molecule has 6 aliphatic rings. The lowest BCUT2D eigenvalue weighted by atomic mass is 9.51. The molecule has 11 nitrogen and oxygen atoms in total. The molecule has 3 N–H and O–H groups in total. The van der Waals surface area contributed by atoms with E-state index in [0.29, 0.717) is 24.2 Å². The molecule has 2 saturated heterocycles. The lowest BCUT2D eigenvalue weighted by Crippen LogP contribution is -2.72. The Hall–Kier alpha value is -4.03. The topological polar surface area (TPSA) is 146 Å². The molecule has 1 aromatic carbocycles. The zero-order chi connectivity index (χ0) is 44.3. The van der Waals surface area contributed by atoms with Crippen LogP contribution in [-0.4, -0.2) is 112 Å². The lowest BCUT2D eigenvalue weighted by molar-refractivity contribution is -0.171. The molecular weight excluding hydrogens is 773 g/mol. The first-order valence-corrected chi connectivity index (χ1v) is 22.6. The summed E-state index contributed by atoms with van der Waals surface area (Å²) in [6.45, 7) is 21.9. The third kappa shape index (κ3) is 9.22. The van der Waals surface area contributed by atoms with Crippen LogP contribution in [0, 0.1) is 11.8 Å². The smallest absolute Gasteiger partial charge is 0.333 e. The Morgan fingerprint density at radius 2 is 1.51 bits per heavy atom. The molecule has 1 saturated carbocycles. The van der Waals surface area contributed by atoms with Gasteiger partial charge in [-0.3, -0.25) is 14.5 Å². The summed E-state index contributed by atoms with van der Waals surface area (Å²) in [5.41, 5.74) is 0.523. The number of hydrogen-bond donors (Lipinski definition) is 3. The van der Waals surface area contributed by atoms with Gasteiger partial charge in [-0.05, 0) is 107 Å². The summed E-state index contributed by atoms with van der Waals surface area (Å²) in [6.07, 6.45) is 15.9. The van der Waals surface area contributed by atoms with Gasteiger partial charge in [-0.1, -0.05) is 59.9 Å². The van der Waals surface area contributed by atoms with E-state index in [2.05, 4.69) is 29.7 Å². The Kier molecular flexibility index (Phi) is 14.6. The zero-order valence-electron chi connectivity index (χ0n) is 38.0. The van der Waals surface area contributed by atoms with E-state index in [4.69, 9.17) is 14.2 Å². The van der Waals surface area contributed by atoms with Crippen LogP contribution in [0.4, 0.5) is 0 Å². The second-order valence-electron chi connectivity index (χ2n) is 19.0. The van der Waals surface area contributed by atoms with Crippen LogP contribution in [0.3, 0.4) is 0 Å². The normalized spacial score (nSPS) is 25.8. The molecule has 1 spiro atoms. The number of Topliss-reactive ketones (excluding diaryl/α,β-unsaturated/α-hetero) is 2. The minimum atomic E-state index is -1.64. The highest BCUT2D eigenvalue weighted by atomic mass is 16.6. The fourth-order valence-electron chi connectivity index (χ4n) is 10.2. The number of aliphatic hydroxyl groups excluding tert-OH is 1. The molecule has 4 bridgehead atoms. The van der Waals surface area contributed by atoms with E-state index < -0.39 is 40.4 Å². The molecule has 4 unspecified atom stereocenters. The van der Waals surface area contributed by atoms with Crippen molar-refractivity contribution in [3.63, 3.8) is 0 Å². The molecule has 7 rings (SSSR count). The van der Waals surface area contributed by atoms with Crippen LogP contribution < -0.4 is 4.74 Å². The summed E-state index contributed by atoms with van der Waals surface area (Å²) in [6, 6.07) is 0. The molecule has 3 aliphatic heterocycles. The van der Waals surface area contributed by atoms with Crippen molar-refractivity contribution < 1.29 is 43.9 Å². The van der Waals surface area contributed by atoms with E-state index in [1.54, 1.807) is 19.1 Å². The van der Waals surface area contributed by atoms with Crippen molar-refractivity contribution in [2.75, 3.05) is 52.5 Å². The number of phenols is 2. The van der Waals surface area contributed by atoms with E-state index in [9.17, 15) is 24.9 Å². The van der Waals surface area contributed by atoms with E-state index in [1.807, 2.05) is 46.8 Å². The van der Waals surface area contributed by atoms with Crippen molar-refractivity contribution >= 4 is 17.5 Å². The van der Waals surface area contributed by atoms with E-state index in [0.717, 1.165) is 88.9 Å². The largest absolute Gasteiger partial charge is 0.507 e. The highest BCUT2D eigenvalue weighted by Gasteiger charge is 2.81. The molecule has 11 heteroatoms. The highest BCUT2D eigenvalue weighted by molar-refractivity contribution is 6.18. The fourth-order valence-corrected chi connectivity index (χ4v) is 10.2. The van der Waals surface area contributed by atoms with Crippen LogP contribution in [0.1, 0.15) is 128 Å². The van der Waals surface area contributed by atoms with Gasteiger partial charge >= 0.3 is 5.97 Å². The number of carbonyl (C=O) groups excluding carboxylic acids is 3. The number of aromatic hydroxyl groups is 2. The summed E-state index contributed by atoms with van der Waals surface area (Å²) in [5.74, 6) is -2.50. The maximum Gasteiger partial charge on any atom is 0.333 e. The Labute approximate surface area is 363 Å². The number of ether oxygens (including phenoxy) is 3. The average molecular weight is 843 g/mol. The van der Waals surface area contributed by atoms with Crippen molar-refractivity contribution in [3.05, 3.63) is 74.9 Å². The highest BCUT2D eigenvalue weighted by Crippen LogP contribution is 2.68. The number of benzene rings is 1. The number of nitrogens with zero attached hydrogens (tertiary/aromatic N) is 2. The number of piperazine rings is 1. The van der Waals surface area contributed by atoms with Gasteiger partial charge in [0.1, 0.15) is 22.8 Å². The van der Waals surface area contributed by atoms with Gasteiger partial charge in [0, 0.05) is 73.3 Å². The van der Waals surface area contributed by atoms with Crippen molar-refractivity contribution in [1.82, 2.24) is 9.80 Å². The van der Waals surface area contributed by atoms with Gasteiger partial charge in [-0.15, -0.1) is 0 Å². The number of allylic oxidation sites excluding steroid dienone is 7. The molecule has 0 radical (unpaired) electrons. The molecule has 61 heavy (non-hydrogen) atoms. The van der Waals surface area contributed by atoms with Crippen LogP contribution in [0.25, 0.3) is 0 Å². The molecule has 3 heterocycles. The number of carbonyl (C=O) groups is 3. The third-order valence-corrected chi connectivity index (χ3v) is 13.7. The number of phenolic OH excluding ortho intramolecular Hbond substituents is 2. The van der Waals surface area contributed by atoms with Gasteiger partial charge in [0.15, 0.2) is 22.8 Å². The van der Waals surface area contributed by atoms with Crippen molar-refractivity contribution in [3.8, 4) is 17.2 Å². The van der Waals surface area contributed by atoms with Gasteiger partial charge < -0.3 is 34.4 Å². The second kappa shape index (κ2) is 19.2. The van der Waals surface area contributed by atoms with Gasteiger partial charge in [0.05, 0.1) is 18.8 Å². The van der Waals surface area contributed by atoms with Gasteiger partial charge in [-0.25, -0.2) is 4.79 Å². The summed E-state index contributed by atoms with van der Waals surface area (Å²) < 4.78 is 19.7. The van der Waals surface area contributed by atoms with Crippen LogP contribution in [0.5, 0.6) is 17.2 Å². The standard InChI is InChI=1S/C50H70N2O9/c1-32(2)14-13-15-34(5)17-19-37-42(54)38(18-16-33(3)4)45-41(43(37)55)44(56)39-30-36-31-40-48(7,8)61-49(46(36)57,50(39,40)60-45)21-20-35(6)47(58)59-29-12-10-9-11-22-51-23-25-52(26-24-51)27-28-53/h14,16-17,20,30,36,40,53-55H,9-13,15,18-19,21-29,31H2,1-8H3/b34-17+,35-20-. The van der Waals surface area contributed by atoms with E-state index >= 15 is 4.79 Å². The number of rotatable bonds is 19. The Bertz CT molecular complexity index is 2010.